The maximum Gasteiger partial charge on any atom is 0.433 e. The molecule has 19 heavy (non-hydrogen) atoms. The van der Waals surface area contributed by atoms with Crippen molar-refractivity contribution in [3.8, 4) is 0 Å². The first-order chi connectivity index (χ1) is 9.05. The average molecular weight is 268 g/mol. The van der Waals surface area contributed by atoms with Gasteiger partial charge in [0.2, 0.25) is 0 Å². The molecule has 0 unspecified atom stereocenters. The van der Waals surface area contributed by atoms with Gasteiger partial charge >= 0.3 is 6.18 Å². The van der Waals surface area contributed by atoms with Crippen molar-refractivity contribution in [2.75, 3.05) is 0 Å². The zero-order valence-electron chi connectivity index (χ0n) is 9.89. The van der Waals surface area contributed by atoms with Crippen LogP contribution >= 0.6 is 0 Å². The van der Waals surface area contributed by atoms with E-state index in [0.29, 0.717) is 6.61 Å². The quantitative estimate of drug-likeness (QED) is 0.854. The Kier molecular flexibility index (Phi) is 4.11. The van der Waals surface area contributed by atoms with Crippen molar-refractivity contribution < 1.29 is 17.9 Å². The van der Waals surface area contributed by atoms with E-state index in [0.717, 1.165) is 17.8 Å². The van der Waals surface area contributed by atoms with Crippen LogP contribution in [0, 0.1) is 0 Å². The fourth-order valence-electron chi connectivity index (χ4n) is 1.46. The van der Waals surface area contributed by atoms with E-state index >= 15 is 0 Å². The third-order valence-electron chi connectivity index (χ3n) is 2.34. The topological polar surface area (TPSA) is 35.0 Å². The van der Waals surface area contributed by atoms with Gasteiger partial charge in [0.05, 0.1) is 6.61 Å². The van der Waals surface area contributed by atoms with Gasteiger partial charge in [0.25, 0.3) is 0 Å². The normalized spacial score (nSPS) is 11.5. The molecule has 0 amide bonds. The maximum atomic E-state index is 12.4. The van der Waals surface area contributed by atoms with Crippen LogP contribution in [0.5, 0.6) is 0 Å². The van der Waals surface area contributed by atoms with Crippen LogP contribution < -0.4 is 0 Å². The Balaban J connectivity index is 1.93. The van der Waals surface area contributed by atoms with Gasteiger partial charge in [0.15, 0.2) is 5.82 Å². The lowest BCUT2D eigenvalue weighted by Crippen LogP contribution is -2.11. The number of rotatable bonds is 4. The summed E-state index contributed by atoms with van der Waals surface area (Å²) >= 11 is 0. The molecule has 1 aromatic carbocycles. The average Bonchev–Trinajstić information content (AvgIpc) is 2.39. The van der Waals surface area contributed by atoms with E-state index in [4.69, 9.17) is 4.74 Å². The highest BCUT2D eigenvalue weighted by Gasteiger charge is 2.32. The standard InChI is InChI=1S/C13H11F3N2O/c14-13(15,16)11-6-7-17-12(18-11)9-19-8-10-4-2-1-3-5-10/h1-7H,8-9H2. The molecule has 0 spiro atoms. The second-order valence-corrected chi connectivity index (χ2v) is 3.83. The molecule has 2 rings (SSSR count). The molecule has 100 valence electrons. The van der Waals surface area contributed by atoms with E-state index < -0.39 is 11.9 Å². The summed E-state index contributed by atoms with van der Waals surface area (Å²) in [6.45, 7) is 0.249. The zero-order chi connectivity index (χ0) is 13.7. The molecule has 3 nitrogen and oxygen atoms in total. The Morgan fingerprint density at radius 2 is 1.74 bits per heavy atom. The monoisotopic (exact) mass is 268 g/mol. The predicted octanol–water partition coefficient (Wildman–Crippen LogP) is 3.21. The molecule has 6 heteroatoms. The Morgan fingerprint density at radius 3 is 2.42 bits per heavy atom. The van der Waals surface area contributed by atoms with E-state index in [9.17, 15) is 13.2 Å². The lowest BCUT2D eigenvalue weighted by molar-refractivity contribution is -0.141. The van der Waals surface area contributed by atoms with E-state index in [1.165, 1.54) is 0 Å². The number of ether oxygens (including phenoxy) is 1. The molecule has 0 saturated carbocycles. The highest BCUT2D eigenvalue weighted by molar-refractivity contribution is 5.13. The fraction of sp³-hybridized carbons (Fsp3) is 0.231. The minimum atomic E-state index is -4.46. The molecule has 2 aromatic rings. The van der Waals surface area contributed by atoms with Crippen LogP contribution in [0.2, 0.25) is 0 Å². The van der Waals surface area contributed by atoms with Gasteiger partial charge in [-0.25, -0.2) is 9.97 Å². The molecular weight excluding hydrogens is 257 g/mol. The molecule has 0 aliphatic carbocycles. The van der Waals surface area contributed by atoms with Gasteiger partial charge < -0.3 is 4.74 Å². The molecule has 1 heterocycles. The Hall–Kier alpha value is -1.95. The summed E-state index contributed by atoms with van der Waals surface area (Å²) in [6.07, 6.45) is -3.38. The van der Waals surface area contributed by atoms with Gasteiger partial charge in [0, 0.05) is 6.20 Å². The minimum Gasteiger partial charge on any atom is -0.369 e. The second kappa shape index (κ2) is 5.79. The minimum absolute atomic E-state index is 0.0192. The molecular formula is C13H11F3N2O. The lowest BCUT2D eigenvalue weighted by Gasteiger charge is -2.07. The fourth-order valence-corrected chi connectivity index (χ4v) is 1.46. The van der Waals surface area contributed by atoms with E-state index in [1.54, 1.807) is 0 Å². The highest BCUT2D eigenvalue weighted by Crippen LogP contribution is 2.26. The third kappa shape index (κ3) is 4.03. The molecule has 0 atom stereocenters. The number of alkyl halides is 3. The molecule has 0 aliphatic rings. The summed E-state index contributed by atoms with van der Waals surface area (Å²) in [6, 6.07) is 10.2. The van der Waals surface area contributed by atoms with Gasteiger partial charge in [-0.15, -0.1) is 0 Å². The van der Waals surface area contributed by atoms with Crippen molar-refractivity contribution in [2.24, 2.45) is 0 Å². The van der Waals surface area contributed by atoms with Crippen LogP contribution in [0.3, 0.4) is 0 Å². The van der Waals surface area contributed by atoms with Gasteiger partial charge in [-0.05, 0) is 11.6 Å². The summed E-state index contributed by atoms with van der Waals surface area (Å²) < 4.78 is 42.6. The SMILES string of the molecule is FC(F)(F)c1ccnc(COCc2ccccc2)n1. The number of hydrogen-bond donors (Lipinski definition) is 0. The number of benzene rings is 1. The lowest BCUT2D eigenvalue weighted by atomic mass is 10.2. The van der Waals surface area contributed by atoms with Crippen LogP contribution in [0.4, 0.5) is 13.2 Å². The van der Waals surface area contributed by atoms with Crippen LogP contribution in [0.25, 0.3) is 0 Å². The Labute approximate surface area is 108 Å². The number of nitrogens with zero attached hydrogens (tertiary/aromatic N) is 2. The molecule has 0 aliphatic heterocycles. The molecule has 1 aromatic heterocycles. The summed E-state index contributed by atoms with van der Waals surface area (Å²) in [7, 11) is 0. The smallest absolute Gasteiger partial charge is 0.369 e. The van der Waals surface area contributed by atoms with Crippen molar-refractivity contribution in [3.63, 3.8) is 0 Å². The summed E-state index contributed by atoms with van der Waals surface area (Å²) in [5.74, 6) is 0.0192. The summed E-state index contributed by atoms with van der Waals surface area (Å²) in [4.78, 5) is 7.16. The van der Waals surface area contributed by atoms with Crippen LogP contribution in [-0.2, 0) is 24.1 Å². The molecule has 0 saturated heterocycles. The van der Waals surface area contributed by atoms with Crippen LogP contribution in [0.15, 0.2) is 42.6 Å². The second-order valence-electron chi connectivity index (χ2n) is 3.83. The molecule has 0 fully saturated rings. The van der Waals surface area contributed by atoms with Gasteiger partial charge in [-0.3, -0.25) is 0 Å². The van der Waals surface area contributed by atoms with Crippen molar-refractivity contribution in [1.29, 1.82) is 0 Å². The van der Waals surface area contributed by atoms with Gasteiger partial charge in [0.1, 0.15) is 12.3 Å². The largest absolute Gasteiger partial charge is 0.433 e. The summed E-state index contributed by atoms with van der Waals surface area (Å²) in [5.41, 5.74) is -0.0183. The highest BCUT2D eigenvalue weighted by atomic mass is 19.4. The Bertz CT molecular complexity index is 529. The number of aromatic nitrogens is 2. The third-order valence-corrected chi connectivity index (χ3v) is 2.34. The van der Waals surface area contributed by atoms with Crippen molar-refractivity contribution in [3.05, 3.63) is 59.7 Å². The molecule has 0 N–H and O–H groups in total. The number of halogens is 3. The number of hydrogen-bond acceptors (Lipinski definition) is 3. The Morgan fingerprint density at radius 1 is 1.00 bits per heavy atom. The molecule has 0 bridgehead atoms. The van der Waals surface area contributed by atoms with Gasteiger partial charge in [-0.1, -0.05) is 30.3 Å². The van der Waals surface area contributed by atoms with Crippen molar-refractivity contribution in [1.82, 2.24) is 9.97 Å². The predicted molar refractivity (Wildman–Crippen MR) is 62.0 cm³/mol. The zero-order valence-corrected chi connectivity index (χ0v) is 9.89. The van der Waals surface area contributed by atoms with E-state index in [-0.39, 0.29) is 12.4 Å². The van der Waals surface area contributed by atoms with Crippen molar-refractivity contribution >= 4 is 0 Å². The maximum absolute atomic E-state index is 12.4. The first kappa shape index (κ1) is 13.5. The first-order valence-corrected chi connectivity index (χ1v) is 5.56. The first-order valence-electron chi connectivity index (χ1n) is 5.56. The van der Waals surface area contributed by atoms with E-state index in [2.05, 4.69) is 9.97 Å². The van der Waals surface area contributed by atoms with Crippen LogP contribution in [0.1, 0.15) is 17.1 Å². The summed E-state index contributed by atoms with van der Waals surface area (Å²) in [5, 5.41) is 0. The van der Waals surface area contributed by atoms with Crippen LogP contribution in [-0.4, -0.2) is 9.97 Å². The molecule has 0 radical (unpaired) electrons. The van der Waals surface area contributed by atoms with Gasteiger partial charge in [-0.2, -0.15) is 13.2 Å². The van der Waals surface area contributed by atoms with Crippen molar-refractivity contribution in [2.45, 2.75) is 19.4 Å². The van der Waals surface area contributed by atoms with E-state index in [1.807, 2.05) is 30.3 Å².